The molecule has 3 N–H and O–H groups in total. The Morgan fingerprint density at radius 1 is 1.27 bits per heavy atom. The summed E-state index contributed by atoms with van der Waals surface area (Å²) in [6, 6.07) is 4.62. The minimum absolute atomic E-state index is 0.0153. The van der Waals surface area contributed by atoms with Crippen molar-refractivity contribution in [3.8, 4) is 5.75 Å². The van der Waals surface area contributed by atoms with Gasteiger partial charge >= 0.3 is 12.4 Å². The van der Waals surface area contributed by atoms with Crippen LogP contribution in [0.25, 0.3) is 0 Å². The van der Waals surface area contributed by atoms with Crippen LogP contribution in [0.15, 0.2) is 24.3 Å². The monoisotopic (exact) mass is 320 g/mol. The van der Waals surface area contributed by atoms with E-state index in [1.54, 1.807) is 0 Å². The van der Waals surface area contributed by atoms with E-state index in [4.69, 9.17) is 5.11 Å². The Labute approximate surface area is 126 Å². The molecule has 2 amide bonds. The molecule has 124 valence electrons. The summed E-state index contributed by atoms with van der Waals surface area (Å²) in [7, 11) is 0. The zero-order valence-corrected chi connectivity index (χ0v) is 12.3. The number of anilines is 1. The van der Waals surface area contributed by atoms with E-state index in [1.807, 2.05) is 13.8 Å². The van der Waals surface area contributed by atoms with Crippen LogP contribution in [-0.4, -0.2) is 30.7 Å². The molecule has 8 heteroatoms. The van der Waals surface area contributed by atoms with Crippen LogP contribution in [0.5, 0.6) is 5.75 Å². The molecule has 0 heterocycles. The van der Waals surface area contributed by atoms with Crippen molar-refractivity contribution in [2.24, 2.45) is 5.41 Å². The second-order valence-electron chi connectivity index (χ2n) is 5.49. The molecule has 0 spiro atoms. The molecule has 1 rings (SSSR count). The van der Waals surface area contributed by atoms with Crippen LogP contribution in [-0.2, 0) is 0 Å². The molecule has 0 saturated heterocycles. The van der Waals surface area contributed by atoms with Gasteiger partial charge in [-0.15, -0.1) is 13.2 Å². The van der Waals surface area contributed by atoms with Gasteiger partial charge in [0.25, 0.3) is 0 Å². The first-order chi connectivity index (χ1) is 10.1. The fraction of sp³-hybridized carbons (Fsp3) is 0.500. The van der Waals surface area contributed by atoms with E-state index in [0.717, 1.165) is 6.07 Å². The van der Waals surface area contributed by atoms with Gasteiger partial charge in [0.05, 0.1) is 5.69 Å². The number of alkyl halides is 3. The lowest BCUT2D eigenvalue weighted by Gasteiger charge is -2.24. The number of carbonyl (C=O) groups excluding carboxylic acids is 1. The number of halogens is 3. The molecular formula is C14H19F3N2O3. The molecule has 0 saturated carbocycles. The van der Waals surface area contributed by atoms with Crippen molar-refractivity contribution in [2.75, 3.05) is 18.5 Å². The summed E-state index contributed by atoms with van der Waals surface area (Å²) in [6.45, 7) is 3.95. The summed E-state index contributed by atoms with van der Waals surface area (Å²) >= 11 is 0. The maximum Gasteiger partial charge on any atom is 0.573 e. The van der Waals surface area contributed by atoms with Crippen LogP contribution in [0, 0.1) is 5.41 Å². The van der Waals surface area contributed by atoms with Crippen molar-refractivity contribution in [1.82, 2.24) is 5.32 Å². The normalized spacial score (nSPS) is 11.9. The topological polar surface area (TPSA) is 70.6 Å². The second kappa shape index (κ2) is 7.35. The number of rotatable bonds is 6. The Bertz CT molecular complexity index is 504. The highest BCUT2D eigenvalue weighted by molar-refractivity contribution is 5.90. The minimum Gasteiger partial charge on any atom is -0.404 e. The van der Waals surface area contributed by atoms with E-state index in [2.05, 4.69) is 15.4 Å². The maximum atomic E-state index is 12.3. The second-order valence-corrected chi connectivity index (χ2v) is 5.49. The molecule has 0 radical (unpaired) electrons. The van der Waals surface area contributed by atoms with Gasteiger partial charge in [-0.05, 0) is 24.0 Å². The summed E-state index contributed by atoms with van der Waals surface area (Å²) in [5, 5.41) is 13.8. The lowest BCUT2D eigenvalue weighted by molar-refractivity contribution is -0.274. The first-order valence-electron chi connectivity index (χ1n) is 6.63. The molecule has 1 aromatic carbocycles. The molecule has 22 heavy (non-hydrogen) atoms. The molecule has 0 bridgehead atoms. The van der Waals surface area contributed by atoms with Gasteiger partial charge in [0.2, 0.25) is 0 Å². The third-order valence-electron chi connectivity index (χ3n) is 2.88. The number of aliphatic hydroxyl groups is 1. The Kier molecular flexibility index (Phi) is 6.04. The molecule has 0 aliphatic carbocycles. The summed E-state index contributed by atoms with van der Waals surface area (Å²) in [5.74, 6) is -0.486. The Morgan fingerprint density at radius 3 is 2.50 bits per heavy atom. The predicted molar refractivity (Wildman–Crippen MR) is 75.6 cm³/mol. The lowest BCUT2D eigenvalue weighted by atomic mass is 9.90. The number of amides is 2. The molecule has 1 aromatic rings. The molecule has 0 aromatic heterocycles. The standard InChI is InChI=1S/C14H19F3N2O3/c1-13(2,7-8-20)9-18-12(21)19-10-5-3-4-6-11(10)22-14(15,16)17/h3-6,20H,7-9H2,1-2H3,(H2,18,19,21). The number of benzene rings is 1. The van der Waals surface area contributed by atoms with Crippen LogP contribution in [0.3, 0.4) is 0 Å². The lowest BCUT2D eigenvalue weighted by Crippen LogP contribution is -2.37. The number of hydrogen-bond acceptors (Lipinski definition) is 3. The van der Waals surface area contributed by atoms with Crippen molar-refractivity contribution in [2.45, 2.75) is 26.6 Å². The Morgan fingerprint density at radius 2 is 1.91 bits per heavy atom. The van der Waals surface area contributed by atoms with E-state index in [9.17, 15) is 18.0 Å². The van der Waals surface area contributed by atoms with Gasteiger partial charge in [-0.25, -0.2) is 4.79 Å². The number of aliphatic hydroxyl groups excluding tert-OH is 1. The zero-order valence-electron chi connectivity index (χ0n) is 12.3. The Balaban J connectivity index is 2.65. The van der Waals surface area contributed by atoms with Gasteiger partial charge < -0.3 is 20.5 Å². The summed E-state index contributed by atoms with van der Waals surface area (Å²) in [6.07, 6.45) is -4.35. The highest BCUT2D eigenvalue weighted by Gasteiger charge is 2.32. The van der Waals surface area contributed by atoms with Crippen LogP contribution in [0.2, 0.25) is 0 Å². The molecule has 0 fully saturated rings. The number of nitrogens with one attached hydrogen (secondary N) is 2. The van der Waals surface area contributed by atoms with Crippen LogP contribution < -0.4 is 15.4 Å². The predicted octanol–water partition coefficient (Wildman–Crippen LogP) is 3.12. The minimum atomic E-state index is -4.84. The summed E-state index contributed by atoms with van der Waals surface area (Å²) in [4.78, 5) is 11.8. The third-order valence-corrected chi connectivity index (χ3v) is 2.88. The van der Waals surface area contributed by atoms with Gasteiger partial charge in [0.15, 0.2) is 5.75 Å². The first-order valence-corrected chi connectivity index (χ1v) is 6.63. The van der Waals surface area contributed by atoms with Crippen molar-refractivity contribution >= 4 is 11.7 Å². The smallest absolute Gasteiger partial charge is 0.404 e. The number of hydrogen-bond donors (Lipinski definition) is 3. The van der Waals surface area contributed by atoms with Gasteiger partial charge in [-0.1, -0.05) is 26.0 Å². The molecule has 0 unspecified atom stereocenters. The molecule has 0 aliphatic heterocycles. The summed E-state index contributed by atoms with van der Waals surface area (Å²) in [5.41, 5.74) is -0.411. The quantitative estimate of drug-likeness (QED) is 0.754. The number of ether oxygens (including phenoxy) is 1. The van der Waals surface area contributed by atoms with Crippen LogP contribution in [0.4, 0.5) is 23.7 Å². The molecule has 0 aliphatic rings. The van der Waals surface area contributed by atoms with Crippen molar-refractivity contribution in [3.63, 3.8) is 0 Å². The van der Waals surface area contributed by atoms with E-state index < -0.39 is 18.1 Å². The number of para-hydroxylation sites is 2. The van der Waals surface area contributed by atoms with Crippen LogP contribution >= 0.6 is 0 Å². The van der Waals surface area contributed by atoms with E-state index in [-0.39, 0.29) is 24.3 Å². The SMILES string of the molecule is CC(C)(CCO)CNC(=O)Nc1ccccc1OC(F)(F)F. The van der Waals surface area contributed by atoms with E-state index in [1.165, 1.54) is 18.2 Å². The van der Waals surface area contributed by atoms with E-state index in [0.29, 0.717) is 6.42 Å². The molecular weight excluding hydrogens is 301 g/mol. The highest BCUT2D eigenvalue weighted by atomic mass is 19.4. The van der Waals surface area contributed by atoms with Crippen molar-refractivity contribution in [3.05, 3.63) is 24.3 Å². The van der Waals surface area contributed by atoms with Gasteiger partial charge in [0.1, 0.15) is 0 Å². The summed E-state index contributed by atoms with van der Waals surface area (Å²) < 4.78 is 40.7. The zero-order chi connectivity index (χ0) is 16.8. The third kappa shape index (κ3) is 6.66. The van der Waals surface area contributed by atoms with E-state index >= 15 is 0 Å². The fourth-order valence-corrected chi connectivity index (χ4v) is 1.66. The van der Waals surface area contributed by atoms with Gasteiger partial charge in [-0.3, -0.25) is 0 Å². The maximum absolute atomic E-state index is 12.3. The van der Waals surface area contributed by atoms with Gasteiger partial charge in [0, 0.05) is 13.2 Å². The first kappa shape index (κ1) is 18.1. The number of urea groups is 1. The largest absolute Gasteiger partial charge is 0.573 e. The van der Waals surface area contributed by atoms with Gasteiger partial charge in [-0.2, -0.15) is 0 Å². The van der Waals surface area contributed by atoms with Crippen molar-refractivity contribution < 1.29 is 27.8 Å². The Hall–Kier alpha value is -1.96. The average molecular weight is 320 g/mol. The molecule has 0 atom stereocenters. The fourth-order valence-electron chi connectivity index (χ4n) is 1.66. The van der Waals surface area contributed by atoms with Crippen LogP contribution in [0.1, 0.15) is 20.3 Å². The average Bonchev–Trinajstić information content (AvgIpc) is 2.37. The number of carbonyl (C=O) groups is 1. The highest BCUT2D eigenvalue weighted by Crippen LogP contribution is 2.29. The van der Waals surface area contributed by atoms with Crippen molar-refractivity contribution in [1.29, 1.82) is 0 Å². The molecule has 5 nitrogen and oxygen atoms in total.